The monoisotopic (exact) mass is 451 g/mol. The summed E-state index contributed by atoms with van der Waals surface area (Å²) in [6.45, 7) is 8.41. The zero-order valence-electron chi connectivity index (χ0n) is 18.0. The number of nitrogens with one attached hydrogen (secondary N) is 1. The van der Waals surface area contributed by atoms with Gasteiger partial charge in [0.2, 0.25) is 5.91 Å². The molecule has 168 valence electrons. The number of carbonyl (C=O) groups excluding carboxylic acids is 3. The summed E-state index contributed by atoms with van der Waals surface area (Å²) in [5.74, 6) is -2.45. The van der Waals surface area contributed by atoms with E-state index in [2.05, 4.69) is 10.4 Å². The maximum absolute atomic E-state index is 12.8. The van der Waals surface area contributed by atoms with E-state index in [9.17, 15) is 24.5 Å². The van der Waals surface area contributed by atoms with Gasteiger partial charge in [-0.3, -0.25) is 24.4 Å². The number of hydrogen-bond donors (Lipinski definition) is 2. The number of primary amides is 1. The van der Waals surface area contributed by atoms with Gasteiger partial charge in [-0.2, -0.15) is 5.10 Å². The van der Waals surface area contributed by atoms with Crippen molar-refractivity contribution >= 4 is 39.8 Å². The summed E-state index contributed by atoms with van der Waals surface area (Å²) < 4.78 is 6.58. The number of ether oxygens (including phenoxy) is 1. The second-order valence-corrected chi connectivity index (χ2v) is 8.13. The first-order valence-electron chi connectivity index (χ1n) is 9.59. The molecule has 2 rings (SSSR count). The molecular weight excluding hydrogens is 426 g/mol. The molecule has 0 saturated heterocycles. The van der Waals surface area contributed by atoms with Gasteiger partial charge in [0.1, 0.15) is 16.4 Å². The summed E-state index contributed by atoms with van der Waals surface area (Å²) in [5, 5.41) is 18.2. The third-order valence-corrected chi connectivity index (χ3v) is 5.89. The van der Waals surface area contributed by atoms with Crippen LogP contribution in [0.3, 0.4) is 0 Å². The highest BCUT2D eigenvalue weighted by molar-refractivity contribution is 7.18. The van der Waals surface area contributed by atoms with Crippen molar-refractivity contribution in [3.8, 4) is 0 Å². The van der Waals surface area contributed by atoms with Crippen molar-refractivity contribution in [1.82, 2.24) is 9.78 Å². The number of aryl methyl sites for hydroxylation is 1. The van der Waals surface area contributed by atoms with Gasteiger partial charge in [-0.05, 0) is 32.8 Å². The Morgan fingerprint density at radius 2 is 1.97 bits per heavy atom. The second kappa shape index (κ2) is 9.69. The maximum atomic E-state index is 12.8. The summed E-state index contributed by atoms with van der Waals surface area (Å²) in [7, 11) is 0. The highest BCUT2D eigenvalue weighted by Gasteiger charge is 2.28. The average Bonchev–Trinajstić information content (AvgIpc) is 3.15. The van der Waals surface area contributed by atoms with Gasteiger partial charge in [-0.25, -0.2) is 4.79 Å². The average molecular weight is 452 g/mol. The minimum absolute atomic E-state index is 0.0893. The van der Waals surface area contributed by atoms with E-state index < -0.39 is 28.6 Å². The first-order chi connectivity index (χ1) is 14.5. The van der Waals surface area contributed by atoms with Gasteiger partial charge < -0.3 is 15.8 Å². The van der Waals surface area contributed by atoms with E-state index in [4.69, 9.17) is 10.5 Å². The lowest BCUT2D eigenvalue weighted by atomic mass is 10.1. The molecule has 0 saturated carbocycles. The molecular formula is C19H25N5O6S. The fraction of sp³-hybridized carbons (Fsp3) is 0.474. The number of rotatable bonds is 9. The predicted octanol–water partition coefficient (Wildman–Crippen LogP) is 2.72. The normalized spacial score (nSPS) is 11.8. The van der Waals surface area contributed by atoms with E-state index in [1.54, 1.807) is 20.8 Å². The van der Waals surface area contributed by atoms with Crippen molar-refractivity contribution in [2.45, 2.75) is 47.6 Å². The molecule has 1 atom stereocenters. The van der Waals surface area contributed by atoms with Crippen LogP contribution >= 0.6 is 11.3 Å². The van der Waals surface area contributed by atoms with Crippen LogP contribution in [0.5, 0.6) is 0 Å². The van der Waals surface area contributed by atoms with Crippen LogP contribution in [-0.2, 0) is 16.1 Å². The fourth-order valence-corrected chi connectivity index (χ4v) is 4.11. The van der Waals surface area contributed by atoms with Gasteiger partial charge in [-0.1, -0.05) is 13.8 Å². The predicted molar refractivity (Wildman–Crippen MR) is 114 cm³/mol. The topological polar surface area (TPSA) is 159 Å². The third kappa shape index (κ3) is 5.08. The smallest absolute Gasteiger partial charge is 0.341 e. The molecule has 0 spiro atoms. The van der Waals surface area contributed by atoms with Gasteiger partial charge in [0, 0.05) is 0 Å². The molecule has 31 heavy (non-hydrogen) atoms. The molecule has 0 aliphatic rings. The van der Waals surface area contributed by atoms with Crippen LogP contribution in [-0.4, -0.2) is 39.1 Å². The number of hydrogen-bond acceptors (Lipinski definition) is 8. The van der Waals surface area contributed by atoms with E-state index in [0.717, 1.165) is 11.3 Å². The number of esters is 1. The Morgan fingerprint density at radius 1 is 1.32 bits per heavy atom. The molecule has 0 aromatic carbocycles. The van der Waals surface area contributed by atoms with Gasteiger partial charge >= 0.3 is 11.7 Å². The highest BCUT2D eigenvalue weighted by atomic mass is 32.1. The number of thiophene rings is 1. The zero-order valence-corrected chi connectivity index (χ0v) is 18.8. The Hall–Kier alpha value is -3.28. The largest absolute Gasteiger partial charge is 0.462 e. The van der Waals surface area contributed by atoms with Crippen LogP contribution in [0.1, 0.15) is 57.2 Å². The van der Waals surface area contributed by atoms with Crippen LogP contribution in [0.25, 0.3) is 0 Å². The first kappa shape index (κ1) is 24.0. The summed E-state index contributed by atoms with van der Waals surface area (Å²) in [4.78, 5) is 47.8. The Bertz CT molecular complexity index is 1040. The maximum Gasteiger partial charge on any atom is 0.341 e. The SMILES string of the molecule is CCCOC(=O)c1c(NC(=O)C(C)Cn2nc(C)c([N+](=O)[O-])c2C)sc(C(N)=O)c1C. The van der Waals surface area contributed by atoms with E-state index in [1.807, 2.05) is 6.92 Å². The zero-order chi connectivity index (χ0) is 23.5. The summed E-state index contributed by atoms with van der Waals surface area (Å²) >= 11 is 0.903. The lowest BCUT2D eigenvalue weighted by molar-refractivity contribution is -0.386. The van der Waals surface area contributed by atoms with Crippen molar-refractivity contribution in [2.75, 3.05) is 11.9 Å². The van der Waals surface area contributed by atoms with Crippen molar-refractivity contribution < 1.29 is 24.0 Å². The lowest BCUT2D eigenvalue weighted by Crippen LogP contribution is -2.25. The standard InChI is InChI=1S/C19H25N5O6S/c1-6-7-30-19(27)13-10(3)15(16(20)25)31-18(13)21-17(26)9(2)8-23-12(5)14(24(28)29)11(4)22-23/h9H,6-8H2,1-5H3,(H2,20,25)(H,21,26). The minimum atomic E-state index is -0.712. The molecule has 3 N–H and O–H groups in total. The van der Waals surface area contributed by atoms with Crippen molar-refractivity contribution in [3.05, 3.63) is 37.5 Å². The molecule has 2 aromatic rings. The van der Waals surface area contributed by atoms with Crippen LogP contribution < -0.4 is 11.1 Å². The number of nitrogens with two attached hydrogens (primary N) is 1. The van der Waals surface area contributed by atoms with Gasteiger partial charge in [-0.15, -0.1) is 11.3 Å². The highest BCUT2D eigenvalue weighted by Crippen LogP contribution is 2.34. The molecule has 2 aromatic heterocycles. The third-order valence-electron chi connectivity index (χ3n) is 4.67. The molecule has 2 amide bonds. The number of nitro groups is 1. The Balaban J connectivity index is 2.27. The molecule has 0 aliphatic carbocycles. The lowest BCUT2D eigenvalue weighted by Gasteiger charge is -2.13. The summed E-state index contributed by atoms with van der Waals surface area (Å²) in [5.41, 5.74) is 6.34. The molecule has 0 fully saturated rings. The van der Waals surface area contributed by atoms with E-state index in [-0.39, 0.29) is 40.0 Å². The molecule has 0 bridgehead atoms. The van der Waals surface area contributed by atoms with E-state index in [0.29, 0.717) is 17.7 Å². The second-order valence-electron chi connectivity index (χ2n) is 7.11. The summed E-state index contributed by atoms with van der Waals surface area (Å²) in [6.07, 6.45) is 0.616. The Morgan fingerprint density at radius 3 is 2.48 bits per heavy atom. The van der Waals surface area contributed by atoms with Gasteiger partial charge in [0.15, 0.2) is 0 Å². The minimum Gasteiger partial charge on any atom is -0.462 e. The van der Waals surface area contributed by atoms with Crippen molar-refractivity contribution in [2.24, 2.45) is 11.7 Å². The van der Waals surface area contributed by atoms with E-state index in [1.165, 1.54) is 11.6 Å². The Kier molecular flexibility index (Phi) is 7.50. The van der Waals surface area contributed by atoms with E-state index >= 15 is 0 Å². The summed E-state index contributed by atoms with van der Waals surface area (Å²) in [6, 6.07) is 0. The van der Waals surface area contributed by atoms with Crippen LogP contribution in [0, 0.1) is 36.8 Å². The number of nitrogens with zero attached hydrogens (tertiary/aromatic N) is 3. The van der Waals surface area contributed by atoms with Crippen molar-refractivity contribution in [3.63, 3.8) is 0 Å². The fourth-order valence-electron chi connectivity index (χ4n) is 3.06. The van der Waals surface area contributed by atoms with Crippen LogP contribution in [0.2, 0.25) is 0 Å². The van der Waals surface area contributed by atoms with Gasteiger partial charge in [0.25, 0.3) is 5.91 Å². The molecule has 1 unspecified atom stereocenters. The molecule has 0 radical (unpaired) electrons. The molecule has 11 nitrogen and oxygen atoms in total. The molecule has 12 heteroatoms. The quantitative estimate of drug-likeness (QED) is 0.337. The molecule has 0 aliphatic heterocycles. The number of aromatic nitrogens is 2. The van der Waals surface area contributed by atoms with Crippen LogP contribution in [0.4, 0.5) is 10.7 Å². The number of anilines is 1. The number of amides is 2. The number of carbonyl (C=O) groups is 3. The van der Waals surface area contributed by atoms with Gasteiger partial charge in [0.05, 0.1) is 34.4 Å². The Labute approximate surface area is 182 Å². The molecule has 2 heterocycles. The first-order valence-corrected chi connectivity index (χ1v) is 10.4. The van der Waals surface area contributed by atoms with Crippen LogP contribution in [0.15, 0.2) is 0 Å². The van der Waals surface area contributed by atoms with Crippen molar-refractivity contribution in [1.29, 1.82) is 0 Å².